The number of thiophene rings is 1. The van der Waals surface area contributed by atoms with E-state index in [9.17, 15) is 14.7 Å². The summed E-state index contributed by atoms with van der Waals surface area (Å²) in [5.41, 5.74) is 4.72. The van der Waals surface area contributed by atoms with Crippen molar-refractivity contribution in [3.05, 3.63) is 87.8 Å². The average Bonchev–Trinajstić information content (AvgIpc) is 3.45. The molecule has 170 valence electrons. The van der Waals surface area contributed by atoms with Crippen LogP contribution in [0.4, 0.5) is 5.69 Å². The zero-order valence-electron chi connectivity index (χ0n) is 18.9. The van der Waals surface area contributed by atoms with Gasteiger partial charge in [0.25, 0.3) is 5.91 Å². The first kappa shape index (κ1) is 23.0. The van der Waals surface area contributed by atoms with Crippen molar-refractivity contribution in [1.29, 1.82) is 0 Å². The molecule has 4 rings (SSSR count). The van der Waals surface area contributed by atoms with Crippen LogP contribution in [-0.2, 0) is 20.7 Å². The molecule has 3 aromatic rings. The maximum atomic E-state index is 13.3. The number of aliphatic hydroxyl groups excluding tert-OH is 1. The first-order valence-corrected chi connectivity index (χ1v) is 11.9. The topological polar surface area (TPSA) is 66.8 Å². The molecule has 1 aliphatic rings. The second-order valence-corrected chi connectivity index (χ2v) is 9.14. The summed E-state index contributed by atoms with van der Waals surface area (Å²) in [6.07, 6.45) is 0.631. The molecule has 0 aliphatic carbocycles. The fraction of sp³-hybridized carbons (Fsp3) is 0.259. The summed E-state index contributed by atoms with van der Waals surface area (Å²) in [6.45, 7) is 4.06. The molecule has 0 saturated heterocycles. The van der Waals surface area contributed by atoms with Gasteiger partial charge in [0, 0.05) is 18.7 Å². The Morgan fingerprint density at radius 3 is 2.45 bits per heavy atom. The van der Waals surface area contributed by atoms with Gasteiger partial charge in [0.1, 0.15) is 0 Å². The van der Waals surface area contributed by atoms with Crippen molar-refractivity contribution in [2.24, 2.45) is 5.92 Å². The number of anilines is 1. The van der Waals surface area contributed by atoms with Gasteiger partial charge in [-0.2, -0.15) is 11.3 Å². The lowest BCUT2D eigenvalue weighted by Crippen LogP contribution is -2.32. The third-order valence-electron chi connectivity index (χ3n) is 5.92. The highest BCUT2D eigenvalue weighted by Crippen LogP contribution is 2.43. The Kier molecular flexibility index (Phi) is 6.77. The predicted molar refractivity (Wildman–Crippen MR) is 132 cm³/mol. The molecule has 1 amide bonds. The summed E-state index contributed by atoms with van der Waals surface area (Å²) in [5, 5.41) is 14.9. The number of Topliss-reactive ketones (excluding diaryl/α,β-unsaturated/α-hetero) is 1. The smallest absolute Gasteiger partial charge is 0.294 e. The molecular weight excluding hydrogens is 434 g/mol. The Balaban J connectivity index is 1.83. The minimum atomic E-state index is -0.701. The zero-order chi connectivity index (χ0) is 23.5. The number of nitrogens with zero attached hydrogens (tertiary/aromatic N) is 1. The standard InChI is InChI=1S/C27H27NO4S/c1-17(2)25(29)23-24(22-7-5-4-6-19(22)12-14-32-3)28(27(31)26(23)30)21-10-8-18(9-11-21)20-13-15-33-16-20/h4-11,13,15-17,24,30H,12,14H2,1-3H3. The number of ketones is 1. The van der Waals surface area contributed by atoms with Crippen molar-refractivity contribution in [2.45, 2.75) is 26.3 Å². The van der Waals surface area contributed by atoms with E-state index >= 15 is 0 Å². The van der Waals surface area contributed by atoms with Crippen LogP contribution >= 0.6 is 11.3 Å². The van der Waals surface area contributed by atoms with E-state index in [0.717, 1.165) is 22.3 Å². The molecule has 0 spiro atoms. The Morgan fingerprint density at radius 2 is 1.82 bits per heavy atom. The molecule has 1 unspecified atom stereocenters. The van der Waals surface area contributed by atoms with Crippen molar-refractivity contribution < 1.29 is 19.4 Å². The van der Waals surface area contributed by atoms with Crippen LogP contribution in [0.1, 0.15) is 31.0 Å². The van der Waals surface area contributed by atoms with Crippen molar-refractivity contribution in [1.82, 2.24) is 0 Å². The molecule has 0 saturated carbocycles. The van der Waals surface area contributed by atoms with Gasteiger partial charge in [-0.3, -0.25) is 14.5 Å². The quantitative estimate of drug-likeness (QED) is 0.465. The summed E-state index contributed by atoms with van der Waals surface area (Å²) in [7, 11) is 1.64. The van der Waals surface area contributed by atoms with E-state index in [1.54, 1.807) is 32.3 Å². The highest BCUT2D eigenvalue weighted by atomic mass is 32.1. The molecule has 1 N–H and O–H groups in total. The van der Waals surface area contributed by atoms with E-state index in [1.165, 1.54) is 4.90 Å². The molecule has 2 aromatic carbocycles. The SMILES string of the molecule is COCCc1ccccc1C1C(C(=O)C(C)C)=C(O)C(=O)N1c1ccc(-c2ccsc2)cc1. The lowest BCUT2D eigenvalue weighted by molar-refractivity contribution is -0.119. The van der Waals surface area contributed by atoms with E-state index in [0.29, 0.717) is 18.7 Å². The molecule has 1 atom stereocenters. The van der Waals surface area contributed by atoms with E-state index < -0.39 is 17.7 Å². The number of hydrogen-bond acceptors (Lipinski definition) is 5. The van der Waals surface area contributed by atoms with E-state index in [-0.39, 0.29) is 17.3 Å². The number of benzene rings is 2. The van der Waals surface area contributed by atoms with Crippen LogP contribution in [0.15, 0.2) is 76.7 Å². The van der Waals surface area contributed by atoms with Crippen molar-refractivity contribution in [3.8, 4) is 11.1 Å². The fourth-order valence-corrected chi connectivity index (χ4v) is 4.88. The molecule has 1 aliphatic heterocycles. The van der Waals surface area contributed by atoms with Gasteiger partial charge in [0.05, 0.1) is 18.2 Å². The zero-order valence-corrected chi connectivity index (χ0v) is 19.8. The number of amides is 1. The van der Waals surface area contributed by atoms with Crippen LogP contribution in [0.25, 0.3) is 11.1 Å². The summed E-state index contributed by atoms with van der Waals surface area (Å²) in [6, 6.07) is 16.7. The minimum Gasteiger partial charge on any atom is -0.503 e. The first-order valence-electron chi connectivity index (χ1n) is 10.9. The molecule has 0 radical (unpaired) electrons. The molecule has 33 heavy (non-hydrogen) atoms. The van der Waals surface area contributed by atoms with Crippen LogP contribution < -0.4 is 4.90 Å². The Hall–Kier alpha value is -3.22. The number of hydrogen-bond donors (Lipinski definition) is 1. The fourth-order valence-electron chi connectivity index (χ4n) is 4.21. The monoisotopic (exact) mass is 461 g/mol. The Morgan fingerprint density at radius 1 is 1.09 bits per heavy atom. The first-order chi connectivity index (χ1) is 15.9. The van der Waals surface area contributed by atoms with Gasteiger partial charge in [-0.1, -0.05) is 50.2 Å². The summed E-state index contributed by atoms with van der Waals surface area (Å²) >= 11 is 1.62. The lowest BCUT2D eigenvalue weighted by atomic mass is 9.88. The van der Waals surface area contributed by atoms with Gasteiger partial charge in [-0.25, -0.2) is 0 Å². The van der Waals surface area contributed by atoms with Gasteiger partial charge in [0.2, 0.25) is 0 Å². The van der Waals surface area contributed by atoms with Crippen molar-refractivity contribution >= 4 is 28.7 Å². The summed E-state index contributed by atoms with van der Waals surface area (Å²) in [4.78, 5) is 28.0. The van der Waals surface area contributed by atoms with E-state index in [1.807, 2.05) is 60.0 Å². The van der Waals surface area contributed by atoms with Gasteiger partial charge in [0.15, 0.2) is 11.5 Å². The second kappa shape index (κ2) is 9.73. The maximum absolute atomic E-state index is 13.3. The lowest BCUT2D eigenvalue weighted by Gasteiger charge is -2.29. The Bertz CT molecular complexity index is 1180. The minimum absolute atomic E-state index is 0.154. The van der Waals surface area contributed by atoms with Gasteiger partial charge in [-0.15, -0.1) is 0 Å². The van der Waals surface area contributed by atoms with Crippen LogP contribution in [0, 0.1) is 5.92 Å². The predicted octanol–water partition coefficient (Wildman–Crippen LogP) is 5.73. The van der Waals surface area contributed by atoms with Crippen LogP contribution in [0.3, 0.4) is 0 Å². The van der Waals surface area contributed by atoms with E-state index in [4.69, 9.17) is 4.74 Å². The van der Waals surface area contributed by atoms with Crippen LogP contribution in [-0.4, -0.2) is 30.5 Å². The number of carbonyl (C=O) groups excluding carboxylic acids is 2. The third-order valence-corrected chi connectivity index (χ3v) is 6.61. The number of aliphatic hydroxyl groups is 1. The number of carbonyl (C=O) groups is 2. The van der Waals surface area contributed by atoms with Gasteiger partial charge >= 0.3 is 0 Å². The number of ether oxygens (including phenoxy) is 1. The highest BCUT2D eigenvalue weighted by molar-refractivity contribution is 7.08. The highest BCUT2D eigenvalue weighted by Gasteiger charge is 2.45. The average molecular weight is 462 g/mol. The molecule has 1 aromatic heterocycles. The van der Waals surface area contributed by atoms with Crippen molar-refractivity contribution in [3.63, 3.8) is 0 Å². The molecular formula is C27H27NO4S. The van der Waals surface area contributed by atoms with E-state index in [2.05, 4.69) is 5.38 Å². The molecule has 6 heteroatoms. The number of rotatable bonds is 8. The number of methoxy groups -OCH3 is 1. The molecule has 0 bridgehead atoms. The summed E-state index contributed by atoms with van der Waals surface area (Å²) < 4.78 is 5.27. The molecule has 0 fully saturated rings. The van der Waals surface area contributed by atoms with Crippen molar-refractivity contribution in [2.75, 3.05) is 18.6 Å². The second-order valence-electron chi connectivity index (χ2n) is 8.36. The summed E-state index contributed by atoms with van der Waals surface area (Å²) in [5.74, 6) is -1.62. The normalized spacial score (nSPS) is 16.2. The van der Waals surface area contributed by atoms with Crippen LogP contribution in [0.5, 0.6) is 0 Å². The Labute approximate surface area is 197 Å². The molecule has 5 nitrogen and oxygen atoms in total. The third kappa shape index (κ3) is 4.36. The van der Waals surface area contributed by atoms with Gasteiger partial charge < -0.3 is 9.84 Å². The molecule has 2 heterocycles. The van der Waals surface area contributed by atoms with Gasteiger partial charge in [-0.05, 0) is 57.6 Å². The largest absolute Gasteiger partial charge is 0.503 e. The van der Waals surface area contributed by atoms with Crippen LogP contribution in [0.2, 0.25) is 0 Å². The maximum Gasteiger partial charge on any atom is 0.294 e.